The number of piperidine rings is 1. The minimum atomic E-state index is -4.52. The first-order valence-corrected chi connectivity index (χ1v) is 10.9. The van der Waals surface area contributed by atoms with E-state index in [0.717, 1.165) is 24.6 Å². The number of hydrogen-bond acceptors (Lipinski definition) is 2. The van der Waals surface area contributed by atoms with E-state index in [0.29, 0.717) is 25.9 Å². The summed E-state index contributed by atoms with van der Waals surface area (Å²) >= 11 is 0. The summed E-state index contributed by atoms with van der Waals surface area (Å²) in [5, 5.41) is 2.58. The number of likely N-dealkylation sites (tertiary alicyclic amines) is 1. The fraction of sp³-hybridized carbons (Fsp3) is 0.458. The molecule has 1 fully saturated rings. The van der Waals surface area contributed by atoms with E-state index in [1.165, 1.54) is 19.1 Å². The Kier molecular flexibility index (Phi) is 7.62. The van der Waals surface area contributed by atoms with Crippen LogP contribution in [0.3, 0.4) is 0 Å². The zero-order valence-corrected chi connectivity index (χ0v) is 18.6. The van der Waals surface area contributed by atoms with E-state index in [-0.39, 0.29) is 18.3 Å². The number of carbonyl (C=O) groups excluding carboxylic acids is 1. The van der Waals surface area contributed by atoms with Crippen LogP contribution in [-0.2, 0) is 12.7 Å². The monoisotopic (exact) mass is 469 g/mol. The molecule has 1 aliphatic heterocycles. The van der Waals surface area contributed by atoms with Crippen molar-refractivity contribution in [3.8, 4) is 0 Å². The third kappa shape index (κ3) is 6.66. The van der Waals surface area contributed by atoms with Crippen molar-refractivity contribution >= 4 is 11.7 Å². The van der Waals surface area contributed by atoms with Gasteiger partial charge in [-0.15, -0.1) is 0 Å². The number of rotatable bonds is 6. The van der Waals surface area contributed by atoms with Crippen LogP contribution in [0.1, 0.15) is 37.8 Å². The Morgan fingerprint density at radius 3 is 2.27 bits per heavy atom. The van der Waals surface area contributed by atoms with Crippen LogP contribution in [0.4, 0.5) is 32.4 Å². The highest BCUT2D eigenvalue weighted by molar-refractivity contribution is 5.89. The van der Waals surface area contributed by atoms with Crippen molar-refractivity contribution in [2.24, 2.45) is 0 Å². The average molecular weight is 469 g/mol. The maximum Gasteiger partial charge on any atom is 0.416 e. The summed E-state index contributed by atoms with van der Waals surface area (Å²) in [5.74, 6) is -2.84. The van der Waals surface area contributed by atoms with Gasteiger partial charge in [0.05, 0.1) is 11.6 Å². The first-order valence-electron chi connectivity index (χ1n) is 10.9. The number of nitrogens with one attached hydrogen (secondary N) is 1. The van der Waals surface area contributed by atoms with Crippen LogP contribution < -0.4 is 5.32 Å². The SMILES string of the molecule is CC(N1CCC(N(Cc2ccccc2)C(=O)Nc2cccc(C(F)(F)F)c2)CC1)C(C)(F)F. The van der Waals surface area contributed by atoms with Crippen LogP contribution >= 0.6 is 0 Å². The predicted octanol–water partition coefficient (Wildman–Crippen LogP) is 6.25. The lowest BCUT2D eigenvalue weighted by Crippen LogP contribution is -2.53. The van der Waals surface area contributed by atoms with Gasteiger partial charge in [0.2, 0.25) is 0 Å². The molecule has 1 aliphatic rings. The molecule has 2 amide bonds. The molecule has 1 saturated heterocycles. The Labute approximate surface area is 190 Å². The molecule has 0 bridgehead atoms. The second kappa shape index (κ2) is 10.1. The Hall–Kier alpha value is -2.68. The first-order chi connectivity index (χ1) is 15.4. The van der Waals surface area contributed by atoms with Gasteiger partial charge in [0, 0.05) is 38.3 Å². The summed E-state index contributed by atoms with van der Waals surface area (Å²) in [7, 11) is 0. The molecule has 0 aromatic heterocycles. The molecule has 0 aliphatic carbocycles. The summed E-state index contributed by atoms with van der Waals surface area (Å²) in [4.78, 5) is 16.4. The van der Waals surface area contributed by atoms with E-state index in [1.54, 1.807) is 9.80 Å². The molecule has 0 radical (unpaired) electrons. The van der Waals surface area contributed by atoms with E-state index in [9.17, 15) is 26.7 Å². The molecule has 0 saturated carbocycles. The smallest absolute Gasteiger partial charge is 0.317 e. The first kappa shape index (κ1) is 25.0. The molecule has 2 aromatic carbocycles. The lowest BCUT2D eigenvalue weighted by molar-refractivity contribution is -0.137. The molecule has 3 rings (SSSR count). The molecule has 1 heterocycles. The summed E-state index contributed by atoms with van der Waals surface area (Å²) in [5.41, 5.74) is 0.0647. The van der Waals surface area contributed by atoms with Crippen molar-refractivity contribution < 1.29 is 26.7 Å². The van der Waals surface area contributed by atoms with Crippen LogP contribution in [0.25, 0.3) is 0 Å². The Morgan fingerprint density at radius 1 is 1.06 bits per heavy atom. The number of alkyl halides is 5. The highest BCUT2D eigenvalue weighted by Gasteiger charge is 2.38. The fourth-order valence-corrected chi connectivity index (χ4v) is 4.02. The van der Waals surface area contributed by atoms with Gasteiger partial charge in [0.25, 0.3) is 5.92 Å². The standard InChI is InChI=1S/C24H28F5N3O/c1-17(23(2,25)26)31-13-11-21(12-14-31)32(16-18-7-4-3-5-8-18)22(33)30-20-10-6-9-19(15-20)24(27,28)29/h3-10,15,17,21H,11-14,16H2,1-2H3,(H,30,33). The van der Waals surface area contributed by atoms with Crippen LogP contribution in [0.5, 0.6) is 0 Å². The minimum Gasteiger partial charge on any atom is -0.317 e. The second-order valence-corrected chi connectivity index (χ2v) is 8.52. The van der Waals surface area contributed by atoms with Gasteiger partial charge in [0.1, 0.15) is 0 Å². The number of hydrogen-bond donors (Lipinski definition) is 1. The maximum absolute atomic E-state index is 13.7. The average Bonchev–Trinajstić information content (AvgIpc) is 2.77. The number of halogens is 5. The molecule has 1 atom stereocenters. The maximum atomic E-state index is 13.7. The van der Waals surface area contributed by atoms with Gasteiger partial charge in [-0.25, -0.2) is 13.6 Å². The number of amides is 2. The largest absolute Gasteiger partial charge is 0.416 e. The lowest BCUT2D eigenvalue weighted by atomic mass is 9.99. The number of urea groups is 1. The number of carbonyl (C=O) groups is 1. The van der Waals surface area contributed by atoms with Crippen molar-refractivity contribution in [1.29, 1.82) is 0 Å². The minimum absolute atomic E-state index is 0.0459. The topological polar surface area (TPSA) is 35.6 Å². The van der Waals surface area contributed by atoms with E-state index in [2.05, 4.69) is 5.32 Å². The van der Waals surface area contributed by atoms with Gasteiger partial charge in [-0.05, 0) is 43.5 Å². The number of nitrogens with zero attached hydrogens (tertiary/aromatic N) is 2. The van der Waals surface area contributed by atoms with Gasteiger partial charge in [-0.2, -0.15) is 13.2 Å². The van der Waals surface area contributed by atoms with Gasteiger partial charge in [-0.3, -0.25) is 4.90 Å². The third-order valence-corrected chi connectivity index (χ3v) is 6.12. The zero-order chi connectivity index (χ0) is 24.2. The van der Waals surface area contributed by atoms with E-state index >= 15 is 0 Å². The van der Waals surface area contributed by atoms with Crippen LogP contribution in [0, 0.1) is 0 Å². The molecule has 9 heteroatoms. The molecule has 4 nitrogen and oxygen atoms in total. The highest BCUT2D eigenvalue weighted by atomic mass is 19.4. The summed E-state index contributed by atoms with van der Waals surface area (Å²) in [6, 6.07) is 12.1. The lowest BCUT2D eigenvalue weighted by Gasteiger charge is -2.41. The molecule has 2 aromatic rings. The van der Waals surface area contributed by atoms with Gasteiger partial charge >= 0.3 is 12.2 Å². The van der Waals surface area contributed by atoms with Crippen molar-refractivity contribution in [3.63, 3.8) is 0 Å². The van der Waals surface area contributed by atoms with Crippen molar-refractivity contribution in [1.82, 2.24) is 9.80 Å². The Morgan fingerprint density at radius 2 is 1.70 bits per heavy atom. The molecule has 1 N–H and O–H groups in total. The summed E-state index contributed by atoms with van der Waals surface area (Å²) in [6.07, 6.45) is -3.54. The number of benzene rings is 2. The Bertz CT molecular complexity index is 922. The number of anilines is 1. The molecule has 1 unspecified atom stereocenters. The van der Waals surface area contributed by atoms with E-state index in [1.807, 2.05) is 30.3 Å². The highest BCUT2D eigenvalue weighted by Crippen LogP contribution is 2.31. The van der Waals surface area contributed by atoms with Gasteiger partial charge in [0.15, 0.2) is 0 Å². The fourth-order valence-electron chi connectivity index (χ4n) is 4.02. The van der Waals surface area contributed by atoms with Crippen molar-refractivity contribution in [2.45, 2.75) is 57.4 Å². The van der Waals surface area contributed by atoms with Crippen LogP contribution in [0.2, 0.25) is 0 Å². The van der Waals surface area contributed by atoms with Gasteiger partial charge < -0.3 is 10.2 Å². The second-order valence-electron chi connectivity index (χ2n) is 8.52. The Balaban J connectivity index is 1.76. The quantitative estimate of drug-likeness (QED) is 0.508. The summed E-state index contributed by atoms with van der Waals surface area (Å²) in [6.45, 7) is 3.45. The zero-order valence-electron chi connectivity index (χ0n) is 18.6. The third-order valence-electron chi connectivity index (χ3n) is 6.12. The normalized spacial score (nSPS) is 16.9. The van der Waals surface area contributed by atoms with E-state index < -0.39 is 29.7 Å². The molecule has 33 heavy (non-hydrogen) atoms. The van der Waals surface area contributed by atoms with Crippen LogP contribution in [-0.4, -0.2) is 46.9 Å². The molecular formula is C24H28F5N3O. The molecule has 0 spiro atoms. The van der Waals surface area contributed by atoms with Gasteiger partial charge in [-0.1, -0.05) is 36.4 Å². The molecular weight excluding hydrogens is 441 g/mol. The summed E-state index contributed by atoms with van der Waals surface area (Å²) < 4.78 is 66.6. The van der Waals surface area contributed by atoms with Crippen molar-refractivity contribution in [3.05, 3.63) is 65.7 Å². The molecule has 180 valence electrons. The van der Waals surface area contributed by atoms with E-state index in [4.69, 9.17) is 0 Å². The van der Waals surface area contributed by atoms with Crippen LogP contribution in [0.15, 0.2) is 54.6 Å². The predicted molar refractivity (Wildman–Crippen MR) is 117 cm³/mol. The van der Waals surface area contributed by atoms with Crippen molar-refractivity contribution in [2.75, 3.05) is 18.4 Å².